The quantitative estimate of drug-likeness (QED) is 0.609. The van der Waals surface area contributed by atoms with Crippen molar-refractivity contribution in [1.82, 2.24) is 10.2 Å². The first-order chi connectivity index (χ1) is 14.3. The van der Waals surface area contributed by atoms with Gasteiger partial charge in [0.2, 0.25) is 0 Å². The number of benzene rings is 1. The molecule has 1 aromatic carbocycles. The van der Waals surface area contributed by atoms with Crippen molar-refractivity contribution in [2.24, 2.45) is 5.92 Å². The standard InChI is InChI=1S/C22H28N2O6/c1-24-12-10-18(23-20(27)14-6-8-15(30-2)9-7-14)22(24)11-4-3-5-17(22)16(21(28)29)13-19(25)26/h6-9,13,17-18H,3-5,10-12H2,1-2H3,(H,23,27)(H,25,26)(H,28,29)/b16-13+. The number of likely N-dealkylation sites (N-methyl/N-ethyl adjacent to an activating group) is 1. The maximum absolute atomic E-state index is 12.9. The normalized spacial score (nSPS) is 27.1. The maximum Gasteiger partial charge on any atom is 0.332 e. The van der Waals surface area contributed by atoms with Crippen molar-refractivity contribution in [2.45, 2.75) is 43.7 Å². The van der Waals surface area contributed by atoms with Crippen LogP contribution in [0.2, 0.25) is 0 Å². The minimum absolute atomic E-state index is 0.0975. The first kappa shape index (κ1) is 21.8. The van der Waals surface area contributed by atoms with Gasteiger partial charge in [-0.3, -0.25) is 9.69 Å². The molecular weight excluding hydrogens is 388 g/mol. The van der Waals surface area contributed by atoms with Gasteiger partial charge in [-0.1, -0.05) is 12.8 Å². The number of ether oxygens (including phenoxy) is 1. The zero-order valence-corrected chi connectivity index (χ0v) is 17.3. The summed E-state index contributed by atoms with van der Waals surface area (Å²) in [6, 6.07) is 6.52. The molecule has 30 heavy (non-hydrogen) atoms. The highest BCUT2D eigenvalue weighted by Gasteiger charge is 2.55. The third-order valence-electron chi connectivity index (χ3n) is 6.55. The van der Waals surface area contributed by atoms with Gasteiger partial charge < -0.3 is 20.3 Å². The van der Waals surface area contributed by atoms with E-state index in [9.17, 15) is 24.6 Å². The number of carboxylic acid groups (broad SMARTS) is 2. The third kappa shape index (κ3) is 4.05. The number of carbonyl (C=O) groups is 3. The minimum atomic E-state index is -1.27. The Hall–Kier alpha value is -2.87. The fourth-order valence-electron chi connectivity index (χ4n) is 5.15. The zero-order chi connectivity index (χ0) is 21.9. The topological polar surface area (TPSA) is 116 Å². The van der Waals surface area contributed by atoms with Crippen molar-refractivity contribution in [3.63, 3.8) is 0 Å². The Kier molecular flexibility index (Phi) is 6.45. The Morgan fingerprint density at radius 2 is 1.87 bits per heavy atom. The predicted octanol–water partition coefficient (Wildman–Crippen LogP) is 2.15. The summed E-state index contributed by atoms with van der Waals surface area (Å²) < 4.78 is 5.13. The van der Waals surface area contributed by atoms with Crippen LogP contribution in [-0.2, 0) is 9.59 Å². The van der Waals surface area contributed by atoms with Crippen LogP contribution in [0, 0.1) is 5.92 Å². The summed E-state index contributed by atoms with van der Waals surface area (Å²) in [6.45, 7) is 0.698. The van der Waals surface area contributed by atoms with E-state index in [1.807, 2.05) is 7.05 Å². The number of methoxy groups -OCH3 is 1. The van der Waals surface area contributed by atoms with Crippen LogP contribution < -0.4 is 10.1 Å². The van der Waals surface area contributed by atoms with Gasteiger partial charge in [0.15, 0.2) is 0 Å². The molecule has 1 saturated carbocycles. The lowest BCUT2D eigenvalue weighted by Crippen LogP contribution is -2.61. The van der Waals surface area contributed by atoms with Crippen molar-refractivity contribution >= 4 is 17.8 Å². The number of hydrogen-bond acceptors (Lipinski definition) is 5. The fraction of sp³-hybridized carbons (Fsp3) is 0.500. The van der Waals surface area contributed by atoms with Crippen LogP contribution in [0.25, 0.3) is 0 Å². The van der Waals surface area contributed by atoms with Crippen LogP contribution in [0.1, 0.15) is 42.5 Å². The average Bonchev–Trinajstić information content (AvgIpc) is 3.02. The van der Waals surface area contributed by atoms with Crippen LogP contribution >= 0.6 is 0 Å². The molecule has 0 bridgehead atoms. The van der Waals surface area contributed by atoms with Gasteiger partial charge in [0.1, 0.15) is 5.75 Å². The molecule has 2 fully saturated rings. The van der Waals surface area contributed by atoms with E-state index in [1.54, 1.807) is 31.4 Å². The summed E-state index contributed by atoms with van der Waals surface area (Å²) >= 11 is 0. The van der Waals surface area contributed by atoms with Gasteiger partial charge in [0.05, 0.1) is 7.11 Å². The molecular formula is C22H28N2O6. The molecule has 0 radical (unpaired) electrons. The van der Waals surface area contributed by atoms with Crippen LogP contribution in [0.4, 0.5) is 0 Å². The van der Waals surface area contributed by atoms with Crippen LogP contribution in [-0.4, -0.2) is 65.2 Å². The highest BCUT2D eigenvalue weighted by molar-refractivity contribution is 5.96. The summed E-state index contributed by atoms with van der Waals surface area (Å²) in [5.74, 6) is -2.55. The number of hydrogen-bond donors (Lipinski definition) is 3. The minimum Gasteiger partial charge on any atom is -0.497 e. The lowest BCUT2D eigenvalue weighted by atomic mass is 9.65. The number of rotatable bonds is 6. The van der Waals surface area contributed by atoms with Crippen molar-refractivity contribution < 1.29 is 29.3 Å². The van der Waals surface area contributed by atoms with E-state index in [4.69, 9.17) is 4.74 Å². The third-order valence-corrected chi connectivity index (χ3v) is 6.55. The Morgan fingerprint density at radius 3 is 2.47 bits per heavy atom. The monoisotopic (exact) mass is 416 g/mol. The van der Waals surface area contributed by atoms with E-state index in [-0.39, 0.29) is 17.5 Å². The molecule has 3 N–H and O–H groups in total. The highest BCUT2D eigenvalue weighted by atomic mass is 16.5. The fourth-order valence-corrected chi connectivity index (χ4v) is 5.15. The molecule has 1 saturated heterocycles. The highest BCUT2D eigenvalue weighted by Crippen LogP contribution is 2.48. The van der Waals surface area contributed by atoms with Gasteiger partial charge in [0.25, 0.3) is 5.91 Å². The van der Waals surface area contributed by atoms with Crippen molar-refractivity contribution in [3.8, 4) is 5.75 Å². The van der Waals surface area contributed by atoms with E-state index >= 15 is 0 Å². The summed E-state index contributed by atoms with van der Waals surface area (Å²) in [7, 11) is 3.49. The van der Waals surface area contributed by atoms with Crippen molar-refractivity contribution in [3.05, 3.63) is 41.5 Å². The van der Waals surface area contributed by atoms with Gasteiger partial charge >= 0.3 is 11.9 Å². The van der Waals surface area contributed by atoms with E-state index < -0.39 is 23.4 Å². The Labute approximate surface area is 175 Å². The van der Waals surface area contributed by atoms with Crippen molar-refractivity contribution in [2.75, 3.05) is 20.7 Å². The van der Waals surface area contributed by atoms with Crippen LogP contribution in [0.5, 0.6) is 5.75 Å². The Morgan fingerprint density at radius 1 is 1.17 bits per heavy atom. The molecule has 1 amide bonds. The molecule has 0 aromatic heterocycles. The Balaban J connectivity index is 1.93. The summed E-state index contributed by atoms with van der Waals surface area (Å²) in [6.07, 6.45) is 4.49. The number of aliphatic carboxylic acids is 2. The van der Waals surface area contributed by atoms with Gasteiger partial charge in [-0.25, -0.2) is 9.59 Å². The molecule has 3 atom stereocenters. The molecule has 1 spiro atoms. The molecule has 1 aliphatic carbocycles. The molecule has 3 rings (SSSR count). The number of amides is 1. The zero-order valence-electron chi connectivity index (χ0n) is 17.3. The molecule has 1 aromatic rings. The molecule has 8 nitrogen and oxygen atoms in total. The molecule has 2 aliphatic rings. The van der Waals surface area contributed by atoms with Gasteiger partial charge in [-0.2, -0.15) is 0 Å². The van der Waals surface area contributed by atoms with E-state index in [2.05, 4.69) is 10.2 Å². The first-order valence-corrected chi connectivity index (χ1v) is 10.1. The van der Waals surface area contributed by atoms with Gasteiger partial charge in [-0.05, 0) is 50.6 Å². The van der Waals surface area contributed by atoms with Crippen molar-refractivity contribution in [1.29, 1.82) is 0 Å². The lowest BCUT2D eigenvalue weighted by molar-refractivity contribution is -0.136. The second-order valence-electron chi connectivity index (χ2n) is 8.00. The SMILES string of the molecule is COc1ccc(C(=O)NC2CCN(C)C23CCCCC3/C(=C\C(=O)O)C(=O)O)cc1. The first-order valence-electron chi connectivity index (χ1n) is 10.1. The maximum atomic E-state index is 12.9. The van der Waals surface area contributed by atoms with E-state index in [0.717, 1.165) is 18.9 Å². The number of nitrogens with one attached hydrogen (secondary N) is 1. The average molecular weight is 416 g/mol. The second-order valence-corrected chi connectivity index (χ2v) is 8.00. The number of likely N-dealkylation sites (tertiary alicyclic amines) is 1. The number of nitrogens with zero attached hydrogens (tertiary/aromatic N) is 1. The molecule has 8 heteroatoms. The van der Waals surface area contributed by atoms with Gasteiger partial charge in [0, 0.05) is 41.3 Å². The summed E-state index contributed by atoms with van der Waals surface area (Å²) in [4.78, 5) is 38.3. The predicted molar refractivity (Wildman–Crippen MR) is 110 cm³/mol. The second kappa shape index (κ2) is 8.87. The molecule has 162 valence electrons. The molecule has 1 aliphatic heterocycles. The lowest BCUT2D eigenvalue weighted by Gasteiger charge is -2.50. The largest absolute Gasteiger partial charge is 0.497 e. The van der Waals surface area contributed by atoms with Gasteiger partial charge in [-0.15, -0.1) is 0 Å². The van der Waals surface area contributed by atoms with Crippen LogP contribution in [0.15, 0.2) is 35.9 Å². The summed E-state index contributed by atoms with van der Waals surface area (Å²) in [5, 5.41) is 22.1. The van der Waals surface area contributed by atoms with Crippen LogP contribution in [0.3, 0.4) is 0 Å². The molecule has 1 heterocycles. The smallest absolute Gasteiger partial charge is 0.332 e. The van der Waals surface area contributed by atoms with E-state index in [1.165, 1.54) is 0 Å². The number of carbonyl (C=O) groups excluding carboxylic acids is 1. The molecule has 3 unspecified atom stereocenters. The Bertz CT molecular complexity index is 850. The number of carboxylic acids is 2. The summed E-state index contributed by atoms with van der Waals surface area (Å²) in [5.41, 5.74) is -0.230. The van der Waals surface area contributed by atoms with E-state index in [0.29, 0.717) is 37.1 Å².